The van der Waals surface area contributed by atoms with Crippen LogP contribution in [0.25, 0.3) is 11.3 Å². The molecule has 3 atom stereocenters. The monoisotopic (exact) mass is 456 g/mol. The Morgan fingerprint density at radius 1 is 1.12 bits per heavy atom. The van der Waals surface area contributed by atoms with Gasteiger partial charge in [0.25, 0.3) is 0 Å². The summed E-state index contributed by atoms with van der Waals surface area (Å²) in [5.74, 6) is 1.64. The van der Waals surface area contributed by atoms with Crippen molar-refractivity contribution in [2.75, 3.05) is 5.01 Å². The average molecular weight is 457 g/mol. The van der Waals surface area contributed by atoms with E-state index in [9.17, 15) is 0 Å². The quantitative estimate of drug-likeness (QED) is 0.604. The molecule has 178 valence electrons. The van der Waals surface area contributed by atoms with Crippen molar-refractivity contribution < 1.29 is 0 Å². The topological polar surface area (TPSA) is 79.4 Å². The van der Waals surface area contributed by atoms with Gasteiger partial charge in [-0.15, -0.1) is 0 Å². The Labute approximate surface area is 203 Å². The highest BCUT2D eigenvalue weighted by Gasteiger charge is 2.44. The van der Waals surface area contributed by atoms with Crippen molar-refractivity contribution in [3.8, 4) is 11.3 Å². The Balaban J connectivity index is 1.59. The SMILES string of the molecule is CC=CC=CC(C)c1nc2c(nc1-c1ccc(C3(N)CC(C)C3)cc1)N1NC(C)CC1(C)N=C2. The van der Waals surface area contributed by atoms with Gasteiger partial charge in [-0.3, -0.25) is 10.0 Å². The van der Waals surface area contributed by atoms with E-state index in [2.05, 4.69) is 74.5 Å². The van der Waals surface area contributed by atoms with Crippen LogP contribution in [-0.4, -0.2) is 27.9 Å². The second-order valence-corrected chi connectivity index (χ2v) is 10.7. The zero-order valence-corrected chi connectivity index (χ0v) is 20.9. The van der Waals surface area contributed by atoms with Gasteiger partial charge in [-0.25, -0.2) is 15.4 Å². The molecule has 34 heavy (non-hydrogen) atoms. The molecule has 1 saturated heterocycles. The predicted octanol–water partition coefficient (Wildman–Crippen LogP) is 5.22. The van der Waals surface area contributed by atoms with Crippen LogP contribution in [0.5, 0.6) is 0 Å². The Morgan fingerprint density at radius 2 is 1.85 bits per heavy atom. The second kappa shape index (κ2) is 8.43. The van der Waals surface area contributed by atoms with Gasteiger partial charge in [0, 0.05) is 29.5 Å². The molecule has 0 radical (unpaired) electrons. The third-order valence-corrected chi connectivity index (χ3v) is 7.42. The zero-order valence-electron chi connectivity index (χ0n) is 20.9. The molecule has 0 amide bonds. The van der Waals surface area contributed by atoms with Crippen molar-refractivity contribution in [1.82, 2.24) is 15.4 Å². The molecule has 3 unspecified atom stereocenters. The summed E-state index contributed by atoms with van der Waals surface area (Å²) >= 11 is 0. The minimum atomic E-state index is -0.339. The third kappa shape index (κ3) is 3.89. The Hall–Kier alpha value is -2.83. The number of aliphatic imine (C=N–C) groups is 1. The van der Waals surface area contributed by atoms with Crippen LogP contribution in [0.15, 0.2) is 53.6 Å². The molecule has 3 N–H and O–H groups in total. The summed E-state index contributed by atoms with van der Waals surface area (Å²) < 4.78 is 0. The number of hydrogen-bond donors (Lipinski definition) is 2. The minimum absolute atomic E-state index is 0.101. The van der Waals surface area contributed by atoms with Crippen molar-refractivity contribution >= 4 is 12.0 Å². The Kier molecular flexibility index (Phi) is 5.69. The van der Waals surface area contributed by atoms with E-state index in [1.807, 2.05) is 25.3 Å². The number of hydrogen-bond acceptors (Lipinski definition) is 6. The zero-order chi connectivity index (χ0) is 24.1. The number of benzene rings is 1. The van der Waals surface area contributed by atoms with Gasteiger partial charge in [-0.05, 0) is 45.1 Å². The number of fused-ring (bicyclic) bond motifs is 3. The molecule has 2 fully saturated rings. The van der Waals surface area contributed by atoms with Gasteiger partial charge in [0.05, 0.1) is 17.6 Å². The number of aromatic nitrogens is 2. The van der Waals surface area contributed by atoms with Crippen LogP contribution in [-0.2, 0) is 5.54 Å². The maximum Gasteiger partial charge on any atom is 0.173 e. The van der Waals surface area contributed by atoms with E-state index in [4.69, 9.17) is 20.7 Å². The highest BCUT2D eigenvalue weighted by molar-refractivity contribution is 5.88. The second-order valence-electron chi connectivity index (χ2n) is 10.7. The van der Waals surface area contributed by atoms with Gasteiger partial charge in [0.15, 0.2) is 5.82 Å². The number of rotatable bonds is 5. The van der Waals surface area contributed by atoms with Gasteiger partial charge >= 0.3 is 0 Å². The van der Waals surface area contributed by atoms with Gasteiger partial charge in [0.1, 0.15) is 11.4 Å². The van der Waals surface area contributed by atoms with Crippen LogP contribution in [0.2, 0.25) is 0 Å². The maximum absolute atomic E-state index is 6.65. The van der Waals surface area contributed by atoms with E-state index in [1.54, 1.807) is 0 Å². The highest BCUT2D eigenvalue weighted by atomic mass is 15.6. The van der Waals surface area contributed by atoms with Gasteiger partial charge in [-0.1, -0.05) is 62.4 Å². The van der Waals surface area contributed by atoms with E-state index in [-0.39, 0.29) is 17.1 Å². The number of nitrogens with one attached hydrogen (secondary N) is 1. The summed E-state index contributed by atoms with van der Waals surface area (Å²) in [6, 6.07) is 8.99. The molecule has 3 heterocycles. The molecule has 5 rings (SSSR count). The lowest BCUT2D eigenvalue weighted by Crippen LogP contribution is -2.48. The van der Waals surface area contributed by atoms with Gasteiger partial charge in [0.2, 0.25) is 0 Å². The number of nitrogens with zero attached hydrogens (tertiary/aromatic N) is 4. The minimum Gasteiger partial charge on any atom is -0.321 e. The Bertz CT molecular complexity index is 1160. The lowest BCUT2D eigenvalue weighted by Gasteiger charge is -2.44. The number of hydrazine groups is 1. The summed E-state index contributed by atoms with van der Waals surface area (Å²) in [6.07, 6.45) is 13.2. The summed E-state index contributed by atoms with van der Waals surface area (Å²) in [7, 11) is 0. The first-order valence-corrected chi connectivity index (χ1v) is 12.5. The number of anilines is 1. The fourth-order valence-electron chi connectivity index (χ4n) is 5.72. The summed E-state index contributed by atoms with van der Waals surface area (Å²) in [5.41, 5.74) is 14.6. The molecule has 2 aliphatic heterocycles. The molecular formula is C28H36N6. The smallest absolute Gasteiger partial charge is 0.173 e. The normalized spacial score (nSPS) is 31.1. The third-order valence-electron chi connectivity index (χ3n) is 7.42. The number of allylic oxidation sites excluding steroid dienone is 4. The standard InChI is InChI=1S/C28H36N6/c1-6-7-8-9-19(3)24-25(21-10-12-22(13-11-21)28(29)14-18(2)15-28)32-26-23(31-24)17-30-27(5)16-20(4)33-34(26)27/h6-13,17-20,33H,14-16,29H2,1-5H3. The van der Waals surface area contributed by atoms with Crippen LogP contribution < -0.4 is 16.2 Å². The first-order valence-electron chi connectivity index (χ1n) is 12.5. The average Bonchev–Trinajstić information content (AvgIpc) is 3.11. The predicted molar refractivity (Wildman–Crippen MR) is 140 cm³/mol. The molecule has 6 nitrogen and oxygen atoms in total. The molecule has 2 aromatic rings. The maximum atomic E-state index is 6.65. The van der Waals surface area contributed by atoms with Crippen molar-refractivity contribution in [2.24, 2.45) is 16.6 Å². The van der Waals surface area contributed by atoms with Crippen LogP contribution in [0.4, 0.5) is 5.82 Å². The summed E-state index contributed by atoms with van der Waals surface area (Å²) in [4.78, 5) is 15.2. The van der Waals surface area contributed by atoms with Crippen LogP contribution in [0.1, 0.15) is 76.8 Å². The Morgan fingerprint density at radius 3 is 2.53 bits per heavy atom. The lowest BCUT2D eigenvalue weighted by molar-refractivity contribution is 0.164. The van der Waals surface area contributed by atoms with Crippen molar-refractivity contribution in [2.45, 2.75) is 77.0 Å². The summed E-state index contributed by atoms with van der Waals surface area (Å²) in [5, 5.41) is 2.10. The molecule has 0 spiro atoms. The fraction of sp³-hybridized carbons (Fsp3) is 0.464. The van der Waals surface area contributed by atoms with Crippen LogP contribution in [0, 0.1) is 5.92 Å². The van der Waals surface area contributed by atoms with Crippen LogP contribution >= 0.6 is 0 Å². The molecule has 1 aromatic heterocycles. The molecule has 1 saturated carbocycles. The van der Waals surface area contributed by atoms with Gasteiger partial charge < -0.3 is 5.73 Å². The highest BCUT2D eigenvalue weighted by Crippen LogP contribution is 2.44. The first kappa shape index (κ1) is 22.9. The van der Waals surface area contributed by atoms with E-state index < -0.39 is 0 Å². The van der Waals surface area contributed by atoms with Crippen molar-refractivity contribution in [3.63, 3.8) is 0 Å². The first-order chi connectivity index (χ1) is 16.2. The van der Waals surface area contributed by atoms with E-state index >= 15 is 0 Å². The van der Waals surface area contributed by atoms with Crippen LogP contribution in [0.3, 0.4) is 0 Å². The fourth-order valence-corrected chi connectivity index (χ4v) is 5.72. The van der Waals surface area contributed by atoms with Gasteiger partial charge in [-0.2, -0.15) is 0 Å². The molecule has 3 aliphatic rings. The van der Waals surface area contributed by atoms with E-state index in [0.717, 1.165) is 47.7 Å². The molecule has 0 bridgehead atoms. The van der Waals surface area contributed by atoms with E-state index in [1.165, 1.54) is 5.56 Å². The molecular weight excluding hydrogens is 420 g/mol. The van der Waals surface area contributed by atoms with Crippen molar-refractivity contribution in [3.05, 3.63) is 65.5 Å². The largest absolute Gasteiger partial charge is 0.321 e. The van der Waals surface area contributed by atoms with E-state index in [0.29, 0.717) is 12.0 Å². The molecule has 6 heteroatoms. The number of nitrogens with two attached hydrogens (primary N) is 1. The summed E-state index contributed by atoms with van der Waals surface area (Å²) in [6.45, 7) is 10.8. The lowest BCUT2D eigenvalue weighted by atomic mass is 9.66. The molecule has 1 aliphatic carbocycles. The molecule has 1 aromatic carbocycles. The van der Waals surface area contributed by atoms with Crippen molar-refractivity contribution in [1.29, 1.82) is 0 Å².